The van der Waals surface area contributed by atoms with Gasteiger partial charge in [-0.25, -0.2) is 4.98 Å². The average molecular weight is 273 g/mol. The Bertz CT molecular complexity index is 467. The maximum atomic E-state index is 11.7. The van der Waals surface area contributed by atoms with Crippen LogP contribution >= 0.6 is 0 Å². The topological polar surface area (TPSA) is 45.2 Å². The van der Waals surface area contributed by atoms with Gasteiger partial charge in [0.25, 0.3) is 0 Å². The smallest absolute Gasteiger partial charge is 0.219 e. The average Bonchev–Trinajstić information content (AvgIpc) is 2.43. The minimum atomic E-state index is 0.173. The lowest BCUT2D eigenvalue weighted by Crippen LogP contribution is -2.37. The van der Waals surface area contributed by atoms with Crippen LogP contribution in [0.5, 0.6) is 0 Å². The standard InChI is InChI=1S/C16H23N3O/c1-12(20)19-10-3-2-7-15(19)13-8-9-16(17-11-13)18-14-5-4-6-14/h8-9,11,14-15H,2-7,10H2,1H3,(H,17,18)/t15-/m1/s1. The van der Waals surface area contributed by atoms with Crippen molar-refractivity contribution in [1.29, 1.82) is 0 Å². The number of amides is 1. The van der Waals surface area contributed by atoms with E-state index in [1.165, 1.54) is 31.2 Å². The lowest BCUT2D eigenvalue weighted by molar-refractivity contribution is -0.132. The highest BCUT2D eigenvalue weighted by molar-refractivity contribution is 5.74. The van der Waals surface area contributed by atoms with Gasteiger partial charge in [0.05, 0.1) is 6.04 Å². The predicted octanol–water partition coefficient (Wildman–Crippen LogP) is 3.12. The van der Waals surface area contributed by atoms with E-state index in [0.717, 1.165) is 25.2 Å². The molecule has 1 saturated heterocycles. The van der Waals surface area contributed by atoms with Crippen molar-refractivity contribution in [2.75, 3.05) is 11.9 Å². The molecular formula is C16H23N3O. The van der Waals surface area contributed by atoms with E-state index in [-0.39, 0.29) is 11.9 Å². The van der Waals surface area contributed by atoms with Gasteiger partial charge in [-0.15, -0.1) is 0 Å². The monoisotopic (exact) mass is 273 g/mol. The van der Waals surface area contributed by atoms with Crippen LogP contribution in [0, 0.1) is 0 Å². The molecule has 4 heteroatoms. The summed E-state index contributed by atoms with van der Waals surface area (Å²) >= 11 is 0. The summed E-state index contributed by atoms with van der Waals surface area (Å²) in [5.41, 5.74) is 1.17. The summed E-state index contributed by atoms with van der Waals surface area (Å²) < 4.78 is 0. The Morgan fingerprint density at radius 1 is 1.25 bits per heavy atom. The van der Waals surface area contributed by atoms with Crippen LogP contribution in [0.25, 0.3) is 0 Å². The molecule has 1 amide bonds. The molecule has 1 aromatic rings. The van der Waals surface area contributed by atoms with Crippen molar-refractivity contribution in [2.45, 2.75) is 57.5 Å². The first-order valence-corrected chi connectivity index (χ1v) is 7.74. The van der Waals surface area contributed by atoms with E-state index in [0.29, 0.717) is 6.04 Å². The Morgan fingerprint density at radius 2 is 2.10 bits per heavy atom. The van der Waals surface area contributed by atoms with Gasteiger partial charge in [0.2, 0.25) is 5.91 Å². The number of pyridine rings is 1. The van der Waals surface area contributed by atoms with E-state index in [1.807, 2.05) is 11.1 Å². The third-order valence-corrected chi connectivity index (χ3v) is 4.54. The van der Waals surface area contributed by atoms with Crippen molar-refractivity contribution in [2.24, 2.45) is 0 Å². The van der Waals surface area contributed by atoms with Gasteiger partial charge in [-0.1, -0.05) is 6.07 Å². The van der Waals surface area contributed by atoms with Crippen LogP contribution in [0.2, 0.25) is 0 Å². The summed E-state index contributed by atoms with van der Waals surface area (Å²) in [5, 5.41) is 3.45. The molecule has 0 spiro atoms. The predicted molar refractivity (Wildman–Crippen MR) is 79.5 cm³/mol. The van der Waals surface area contributed by atoms with Crippen LogP contribution < -0.4 is 5.32 Å². The number of nitrogens with zero attached hydrogens (tertiary/aromatic N) is 2. The summed E-state index contributed by atoms with van der Waals surface area (Å²) in [6.07, 6.45) is 9.13. The summed E-state index contributed by atoms with van der Waals surface area (Å²) in [4.78, 5) is 18.2. The highest BCUT2D eigenvalue weighted by Gasteiger charge is 2.26. The van der Waals surface area contributed by atoms with Gasteiger partial charge in [0.15, 0.2) is 0 Å². The second-order valence-electron chi connectivity index (χ2n) is 5.97. The van der Waals surface area contributed by atoms with Crippen LogP contribution in [-0.4, -0.2) is 28.4 Å². The molecule has 1 N–H and O–H groups in total. The normalized spacial score (nSPS) is 23.2. The molecule has 0 unspecified atom stereocenters. The first-order chi connectivity index (χ1) is 9.74. The fourth-order valence-corrected chi connectivity index (χ4v) is 3.10. The summed E-state index contributed by atoms with van der Waals surface area (Å²) in [6, 6.07) is 5.00. The minimum Gasteiger partial charge on any atom is -0.367 e. The largest absolute Gasteiger partial charge is 0.367 e. The SMILES string of the molecule is CC(=O)N1CCCC[C@@H]1c1ccc(NC2CCC2)nc1. The summed E-state index contributed by atoms with van der Waals surface area (Å²) in [7, 11) is 0. The highest BCUT2D eigenvalue weighted by atomic mass is 16.2. The number of nitrogens with one attached hydrogen (secondary N) is 1. The summed E-state index contributed by atoms with van der Waals surface area (Å²) in [5.74, 6) is 1.13. The number of anilines is 1. The molecule has 2 aliphatic rings. The third-order valence-electron chi connectivity index (χ3n) is 4.54. The molecule has 1 saturated carbocycles. The Kier molecular flexibility index (Phi) is 3.90. The third kappa shape index (κ3) is 2.79. The van der Waals surface area contributed by atoms with E-state index in [4.69, 9.17) is 0 Å². The van der Waals surface area contributed by atoms with E-state index in [1.54, 1.807) is 6.92 Å². The number of rotatable bonds is 3. The van der Waals surface area contributed by atoms with E-state index in [2.05, 4.69) is 22.4 Å². The van der Waals surface area contributed by atoms with Gasteiger partial charge >= 0.3 is 0 Å². The highest BCUT2D eigenvalue weighted by Crippen LogP contribution is 2.31. The molecule has 2 heterocycles. The molecule has 4 nitrogen and oxygen atoms in total. The molecule has 1 atom stereocenters. The molecule has 0 bridgehead atoms. The molecular weight excluding hydrogens is 250 g/mol. The van der Waals surface area contributed by atoms with Crippen LogP contribution in [0.4, 0.5) is 5.82 Å². The zero-order valence-corrected chi connectivity index (χ0v) is 12.1. The lowest BCUT2D eigenvalue weighted by Gasteiger charge is -2.35. The van der Waals surface area contributed by atoms with Gasteiger partial charge in [-0.3, -0.25) is 4.79 Å². The second-order valence-corrected chi connectivity index (χ2v) is 5.97. The van der Waals surface area contributed by atoms with Gasteiger partial charge in [0.1, 0.15) is 5.82 Å². The number of likely N-dealkylation sites (tertiary alicyclic amines) is 1. The molecule has 20 heavy (non-hydrogen) atoms. The number of piperidine rings is 1. The van der Waals surface area contributed by atoms with Gasteiger partial charge in [0, 0.05) is 25.7 Å². The molecule has 1 aliphatic heterocycles. The molecule has 108 valence electrons. The fourth-order valence-electron chi connectivity index (χ4n) is 3.10. The Balaban J connectivity index is 1.70. The van der Waals surface area contributed by atoms with Crippen molar-refractivity contribution in [3.05, 3.63) is 23.9 Å². The second kappa shape index (κ2) is 5.81. The number of aromatic nitrogens is 1. The fraction of sp³-hybridized carbons (Fsp3) is 0.625. The van der Waals surface area contributed by atoms with Gasteiger partial charge in [-0.05, 0) is 50.2 Å². The van der Waals surface area contributed by atoms with Crippen molar-refractivity contribution in [3.63, 3.8) is 0 Å². The van der Waals surface area contributed by atoms with Crippen LogP contribution in [0.1, 0.15) is 57.1 Å². The zero-order valence-electron chi connectivity index (χ0n) is 12.1. The van der Waals surface area contributed by atoms with Crippen molar-refractivity contribution < 1.29 is 4.79 Å². The van der Waals surface area contributed by atoms with Crippen LogP contribution in [0.3, 0.4) is 0 Å². The van der Waals surface area contributed by atoms with E-state index in [9.17, 15) is 4.79 Å². The first-order valence-electron chi connectivity index (χ1n) is 7.74. The maximum Gasteiger partial charge on any atom is 0.219 e. The number of hydrogen-bond acceptors (Lipinski definition) is 3. The van der Waals surface area contributed by atoms with E-state index < -0.39 is 0 Å². The Morgan fingerprint density at radius 3 is 2.70 bits per heavy atom. The quantitative estimate of drug-likeness (QED) is 0.920. The van der Waals surface area contributed by atoms with Gasteiger partial charge in [-0.2, -0.15) is 0 Å². The number of carbonyl (C=O) groups excluding carboxylic acids is 1. The van der Waals surface area contributed by atoms with Crippen molar-refractivity contribution in [3.8, 4) is 0 Å². The molecule has 0 aromatic carbocycles. The van der Waals surface area contributed by atoms with E-state index >= 15 is 0 Å². The Hall–Kier alpha value is -1.58. The lowest BCUT2D eigenvalue weighted by atomic mass is 9.93. The molecule has 1 aromatic heterocycles. The molecule has 3 rings (SSSR count). The van der Waals surface area contributed by atoms with Crippen molar-refractivity contribution in [1.82, 2.24) is 9.88 Å². The van der Waals surface area contributed by atoms with Gasteiger partial charge < -0.3 is 10.2 Å². The number of carbonyl (C=O) groups is 1. The van der Waals surface area contributed by atoms with Crippen molar-refractivity contribution >= 4 is 11.7 Å². The molecule has 1 aliphatic carbocycles. The summed E-state index contributed by atoms with van der Waals surface area (Å²) in [6.45, 7) is 2.54. The zero-order chi connectivity index (χ0) is 13.9. The molecule has 0 radical (unpaired) electrons. The minimum absolute atomic E-state index is 0.173. The maximum absolute atomic E-state index is 11.7. The number of hydrogen-bond donors (Lipinski definition) is 1. The first kappa shape index (κ1) is 13.4. The van der Waals surface area contributed by atoms with Crippen LogP contribution in [0.15, 0.2) is 18.3 Å². The molecule has 2 fully saturated rings. The Labute approximate surface area is 120 Å². The van der Waals surface area contributed by atoms with Crippen LogP contribution in [-0.2, 0) is 4.79 Å².